The van der Waals surface area contributed by atoms with Crippen LogP contribution >= 0.6 is 11.3 Å². The van der Waals surface area contributed by atoms with E-state index in [1.165, 1.54) is 70.0 Å². The molecule has 0 unspecified atom stereocenters. The first-order chi connectivity index (χ1) is 39.6. The number of thiophene rings is 1. The number of aryl methyl sites for hydroxylation is 1. The van der Waals surface area contributed by atoms with Crippen LogP contribution < -0.4 is 31.1 Å². The Bertz CT molecular complexity index is 4140. The highest BCUT2D eigenvalue weighted by Crippen LogP contribution is 2.54. The number of nitrogens with zero attached hydrogens (tertiary/aromatic N) is 3. The largest absolute Gasteiger partial charge is 0.311 e. The summed E-state index contributed by atoms with van der Waals surface area (Å²) in [6, 6.07) is 55.8. The second-order valence-corrected chi connectivity index (χ2v) is 31.8. The van der Waals surface area contributed by atoms with Crippen LogP contribution in [0.5, 0.6) is 0 Å². The van der Waals surface area contributed by atoms with E-state index in [9.17, 15) is 4.11 Å². The van der Waals surface area contributed by atoms with Crippen LogP contribution in [0, 0.1) is 6.85 Å². The first kappa shape index (κ1) is 51.1. The van der Waals surface area contributed by atoms with Gasteiger partial charge in [-0.2, -0.15) is 0 Å². The Balaban J connectivity index is 1.13. The quantitative estimate of drug-likeness (QED) is 0.159. The smallest absolute Gasteiger partial charge is 0.252 e. The predicted molar refractivity (Wildman–Crippen MR) is 359 cm³/mol. The molecule has 0 fully saturated rings. The summed E-state index contributed by atoms with van der Waals surface area (Å²) in [5.41, 5.74) is 22.4. The van der Waals surface area contributed by atoms with Gasteiger partial charge >= 0.3 is 0 Å². The molecule has 5 heteroatoms. The van der Waals surface area contributed by atoms with Crippen molar-refractivity contribution >= 4 is 106 Å². The number of anilines is 9. The van der Waals surface area contributed by atoms with E-state index in [-0.39, 0.29) is 44.6 Å². The molecule has 2 aliphatic carbocycles. The fourth-order valence-corrected chi connectivity index (χ4v) is 15.7. The molecule has 13 rings (SSSR count). The zero-order valence-electron chi connectivity index (χ0n) is 55.0. The molecular weight excluding hydrogens is 1010 g/mol. The molecule has 0 N–H and O–H groups in total. The lowest BCUT2D eigenvalue weighted by molar-refractivity contribution is 0.332. The van der Waals surface area contributed by atoms with Crippen LogP contribution in [-0.2, 0) is 37.9 Å². The molecule has 1 aromatic heterocycles. The average Bonchev–Trinajstić information content (AvgIpc) is 1.02. The fourth-order valence-electron chi connectivity index (χ4n) is 14.5. The zero-order valence-corrected chi connectivity index (χ0v) is 52.8. The molecular formula is C77H86BN3S. The number of hydrogen-bond donors (Lipinski definition) is 0. The van der Waals surface area contributed by atoms with Crippen molar-refractivity contribution in [3.63, 3.8) is 0 Å². The van der Waals surface area contributed by atoms with Gasteiger partial charge in [0.05, 0.1) is 0 Å². The molecule has 0 amide bonds. The van der Waals surface area contributed by atoms with Crippen LogP contribution in [0.1, 0.15) is 192 Å². The topological polar surface area (TPSA) is 9.72 Å². The maximum Gasteiger partial charge on any atom is 0.252 e. The van der Waals surface area contributed by atoms with Crippen molar-refractivity contribution in [1.29, 1.82) is 0 Å². The Morgan fingerprint density at radius 2 is 0.854 bits per heavy atom. The Labute approximate surface area is 500 Å². The summed E-state index contributed by atoms with van der Waals surface area (Å²) in [4.78, 5) is 7.33. The molecule has 3 heterocycles. The lowest BCUT2D eigenvalue weighted by Gasteiger charge is -2.48. The average molecular weight is 1100 g/mol. The maximum atomic E-state index is 9.41. The minimum atomic E-state index is -2.42. The number of hydrogen-bond acceptors (Lipinski definition) is 4. The Kier molecular flexibility index (Phi) is 11.4. The van der Waals surface area contributed by atoms with Crippen molar-refractivity contribution in [2.45, 2.75) is 188 Å². The third kappa shape index (κ3) is 8.79. The summed E-state index contributed by atoms with van der Waals surface area (Å²) in [5, 5.41) is 2.48. The monoisotopic (exact) mass is 1100 g/mol. The first-order valence-corrected chi connectivity index (χ1v) is 31.2. The molecule has 0 atom stereocenters. The minimum Gasteiger partial charge on any atom is -0.311 e. The molecule has 82 heavy (non-hydrogen) atoms. The first-order valence-electron chi connectivity index (χ1n) is 31.9. The summed E-state index contributed by atoms with van der Waals surface area (Å²) in [5.74, 6) is 0. The van der Waals surface area contributed by atoms with E-state index in [1.807, 2.05) is 23.5 Å². The van der Waals surface area contributed by atoms with Crippen molar-refractivity contribution < 1.29 is 4.11 Å². The SMILES string of the molecule is [2H]C([2H])([2H])c1cc2c3c(c1)N(c1ccc4c(c1)C(C)(C)CCC4(C)C)c1cc4c(cc1B3c1ccc(N(c3ccc(C(C)(C)C)cc3)c3ccc(C(C)(C)C)cc3)cc1N2c1ccc2c(c1)sc1cc(C(C)(C)C)ccc12)C(C)(C)CCC4(C)C. The van der Waals surface area contributed by atoms with Crippen LogP contribution in [-0.4, -0.2) is 6.71 Å². The Morgan fingerprint density at radius 1 is 0.415 bits per heavy atom. The highest BCUT2D eigenvalue weighted by Gasteiger charge is 2.47. The standard InChI is InChI=1S/C77H86BN3S/c1-47-39-66-70-67(40-47)81(55-28-32-57-56-31-23-50(73(8,9)10)41-68(56)82-69(57)44-55)64-43-54(79(51-24-19-48(20-25-51)71(2,3)4)52-26-21-49(22-27-52)72(5,6)7)30-34-62(64)78(70)63-45-60-61(77(17,18)38-37-76(60,15)16)46-65(63)80(66)53-29-33-58-59(42-53)75(13,14)36-35-74(58,11)12/h19-34,39-46H,35-38H2,1-18H3/i1D3. The highest BCUT2D eigenvalue weighted by atomic mass is 32.1. The number of rotatable bonds is 5. The number of benzene rings is 8. The van der Waals surface area contributed by atoms with Crippen molar-refractivity contribution in [3.05, 3.63) is 190 Å². The molecule has 4 aliphatic rings. The van der Waals surface area contributed by atoms with Crippen molar-refractivity contribution in [1.82, 2.24) is 0 Å². The van der Waals surface area contributed by atoms with Crippen molar-refractivity contribution in [3.8, 4) is 0 Å². The van der Waals surface area contributed by atoms with Crippen LogP contribution in [0.2, 0.25) is 0 Å². The van der Waals surface area contributed by atoms with Gasteiger partial charge in [-0.15, -0.1) is 11.3 Å². The minimum absolute atomic E-state index is 0.00889. The molecule has 418 valence electrons. The lowest BCUT2D eigenvalue weighted by atomic mass is 9.33. The summed E-state index contributed by atoms with van der Waals surface area (Å²) in [6.45, 7) is 37.2. The summed E-state index contributed by atoms with van der Waals surface area (Å²) in [7, 11) is 0. The molecule has 0 radical (unpaired) electrons. The van der Waals surface area contributed by atoms with E-state index in [0.717, 1.165) is 82.3 Å². The Hall–Kier alpha value is -6.56. The van der Waals surface area contributed by atoms with Crippen LogP contribution in [0.15, 0.2) is 146 Å². The van der Waals surface area contributed by atoms with E-state index in [2.05, 4.69) is 266 Å². The van der Waals surface area contributed by atoms with Gasteiger partial charge < -0.3 is 14.7 Å². The van der Waals surface area contributed by atoms with Gasteiger partial charge in [0, 0.05) is 75.5 Å². The zero-order chi connectivity index (χ0) is 60.7. The molecule has 0 bridgehead atoms. The van der Waals surface area contributed by atoms with Gasteiger partial charge in [-0.3, -0.25) is 0 Å². The fraction of sp³-hybridized carbons (Fsp3) is 0.377. The third-order valence-electron chi connectivity index (χ3n) is 19.9. The van der Waals surface area contributed by atoms with E-state index in [1.54, 1.807) is 0 Å². The van der Waals surface area contributed by atoms with Gasteiger partial charge in [0.25, 0.3) is 6.71 Å². The van der Waals surface area contributed by atoms with Crippen LogP contribution in [0.25, 0.3) is 20.2 Å². The van der Waals surface area contributed by atoms with Crippen LogP contribution in [0.4, 0.5) is 51.2 Å². The molecule has 8 aromatic carbocycles. The maximum absolute atomic E-state index is 9.41. The van der Waals surface area contributed by atoms with Crippen LogP contribution in [0.3, 0.4) is 0 Å². The molecule has 3 nitrogen and oxygen atoms in total. The van der Waals surface area contributed by atoms with Gasteiger partial charge in [-0.1, -0.05) is 178 Å². The summed E-state index contributed by atoms with van der Waals surface area (Å²) in [6.07, 6.45) is 4.39. The second-order valence-electron chi connectivity index (χ2n) is 30.7. The van der Waals surface area contributed by atoms with Gasteiger partial charge in [-0.05, 0) is 216 Å². The highest BCUT2D eigenvalue weighted by molar-refractivity contribution is 7.25. The third-order valence-corrected chi connectivity index (χ3v) is 21.1. The van der Waals surface area contributed by atoms with Gasteiger partial charge in [0.2, 0.25) is 0 Å². The molecule has 0 saturated carbocycles. The van der Waals surface area contributed by atoms with E-state index >= 15 is 0 Å². The van der Waals surface area contributed by atoms with Crippen molar-refractivity contribution in [2.75, 3.05) is 14.7 Å². The van der Waals surface area contributed by atoms with Gasteiger partial charge in [-0.25, -0.2) is 0 Å². The summed E-state index contributed by atoms with van der Waals surface area (Å²) < 4.78 is 30.7. The molecule has 9 aromatic rings. The van der Waals surface area contributed by atoms with Crippen molar-refractivity contribution in [2.24, 2.45) is 0 Å². The van der Waals surface area contributed by atoms with E-state index in [4.69, 9.17) is 0 Å². The van der Waals surface area contributed by atoms with E-state index < -0.39 is 6.85 Å². The molecule has 2 aliphatic heterocycles. The van der Waals surface area contributed by atoms with E-state index in [0.29, 0.717) is 5.56 Å². The molecule has 0 spiro atoms. The summed E-state index contributed by atoms with van der Waals surface area (Å²) >= 11 is 1.85. The molecule has 0 saturated heterocycles. The van der Waals surface area contributed by atoms with Gasteiger partial charge in [0.15, 0.2) is 0 Å². The predicted octanol–water partition coefficient (Wildman–Crippen LogP) is 20.5. The number of fused-ring (bicyclic) bond motifs is 9. The lowest BCUT2D eigenvalue weighted by Crippen LogP contribution is -2.62. The normalized spacial score (nSPS) is 18.2. The van der Waals surface area contributed by atoms with Gasteiger partial charge in [0.1, 0.15) is 0 Å². The Morgan fingerprint density at radius 3 is 1.39 bits per heavy atom. The second kappa shape index (κ2) is 18.2.